The van der Waals surface area contributed by atoms with E-state index in [0.29, 0.717) is 35.4 Å². The summed E-state index contributed by atoms with van der Waals surface area (Å²) in [6, 6.07) is 11.6. The van der Waals surface area contributed by atoms with Gasteiger partial charge in [-0.05, 0) is 50.6 Å². The van der Waals surface area contributed by atoms with Gasteiger partial charge in [-0.2, -0.15) is 0 Å². The molecule has 0 spiro atoms. The maximum atomic E-state index is 12.4. The number of carbonyl (C=O) groups excluding carboxylic acids is 2. The molecule has 7 heteroatoms. The normalized spacial score (nSPS) is 11.4. The van der Waals surface area contributed by atoms with E-state index in [1.54, 1.807) is 42.5 Å². The van der Waals surface area contributed by atoms with Gasteiger partial charge in [-0.1, -0.05) is 30.7 Å². The Labute approximate surface area is 169 Å². The first-order chi connectivity index (χ1) is 13.5. The smallest absolute Gasteiger partial charge is 0.339 e. The summed E-state index contributed by atoms with van der Waals surface area (Å²) in [4.78, 5) is 24.7. The van der Waals surface area contributed by atoms with Crippen molar-refractivity contribution in [3.63, 3.8) is 0 Å². The van der Waals surface area contributed by atoms with Crippen LogP contribution in [-0.4, -0.2) is 31.2 Å². The lowest BCUT2D eigenvalue weighted by molar-refractivity contribution is -0.123. The summed E-state index contributed by atoms with van der Waals surface area (Å²) >= 11 is 6.02. The molecule has 2 rings (SSSR count). The highest BCUT2D eigenvalue weighted by Crippen LogP contribution is 2.29. The van der Waals surface area contributed by atoms with Crippen molar-refractivity contribution < 1.29 is 23.8 Å². The Morgan fingerprint density at radius 1 is 1.07 bits per heavy atom. The number of anilines is 1. The SMILES string of the molecule is CCCOc1ccc(C(=O)O[C@H](C)C(=O)Nc2ccccc2Cl)cc1OCC. The van der Waals surface area contributed by atoms with Gasteiger partial charge in [-0.15, -0.1) is 0 Å². The van der Waals surface area contributed by atoms with Gasteiger partial charge in [0.05, 0.1) is 29.5 Å². The predicted molar refractivity (Wildman–Crippen MR) is 108 cm³/mol. The van der Waals surface area contributed by atoms with Crippen molar-refractivity contribution in [1.29, 1.82) is 0 Å². The fourth-order valence-corrected chi connectivity index (χ4v) is 2.50. The number of para-hydroxylation sites is 1. The lowest BCUT2D eigenvalue weighted by Crippen LogP contribution is -2.30. The van der Waals surface area contributed by atoms with Gasteiger partial charge in [0.25, 0.3) is 5.91 Å². The van der Waals surface area contributed by atoms with Gasteiger partial charge >= 0.3 is 5.97 Å². The van der Waals surface area contributed by atoms with Crippen molar-refractivity contribution in [2.75, 3.05) is 18.5 Å². The van der Waals surface area contributed by atoms with Gasteiger partial charge in [0.1, 0.15) is 0 Å². The van der Waals surface area contributed by atoms with Gasteiger partial charge in [-0.25, -0.2) is 4.79 Å². The fourth-order valence-electron chi connectivity index (χ4n) is 2.31. The van der Waals surface area contributed by atoms with Crippen LogP contribution in [0.4, 0.5) is 5.69 Å². The molecule has 2 aromatic carbocycles. The minimum Gasteiger partial charge on any atom is -0.490 e. The average molecular weight is 406 g/mol. The standard InChI is InChI=1S/C21H24ClNO5/c1-4-12-27-18-11-10-15(13-19(18)26-5-2)21(25)28-14(3)20(24)23-17-9-7-6-8-16(17)22/h6-11,13-14H,4-5,12H2,1-3H3,(H,23,24)/t14-/m1/s1. The second-order valence-electron chi connectivity index (χ2n) is 5.96. The molecule has 0 aromatic heterocycles. The molecule has 0 aliphatic rings. The van der Waals surface area contributed by atoms with Crippen LogP contribution < -0.4 is 14.8 Å². The number of amides is 1. The van der Waals surface area contributed by atoms with Crippen LogP contribution in [0.15, 0.2) is 42.5 Å². The molecule has 0 saturated carbocycles. The zero-order chi connectivity index (χ0) is 20.5. The third kappa shape index (κ3) is 5.89. The molecule has 2 aromatic rings. The van der Waals surface area contributed by atoms with E-state index in [4.69, 9.17) is 25.8 Å². The third-order valence-corrected chi connectivity index (χ3v) is 4.06. The zero-order valence-corrected chi connectivity index (χ0v) is 16.9. The highest BCUT2D eigenvalue weighted by molar-refractivity contribution is 6.33. The van der Waals surface area contributed by atoms with Crippen molar-refractivity contribution in [2.24, 2.45) is 0 Å². The molecule has 6 nitrogen and oxygen atoms in total. The summed E-state index contributed by atoms with van der Waals surface area (Å²) in [5.41, 5.74) is 0.720. The van der Waals surface area contributed by atoms with Crippen LogP contribution in [0.3, 0.4) is 0 Å². The van der Waals surface area contributed by atoms with E-state index in [1.165, 1.54) is 6.92 Å². The van der Waals surface area contributed by atoms with Crippen molar-refractivity contribution in [3.8, 4) is 11.5 Å². The largest absolute Gasteiger partial charge is 0.490 e. The van der Waals surface area contributed by atoms with E-state index in [1.807, 2.05) is 13.8 Å². The molecule has 0 heterocycles. The molecule has 1 atom stereocenters. The quantitative estimate of drug-likeness (QED) is 0.611. The molecule has 150 valence electrons. The number of esters is 1. The highest BCUT2D eigenvalue weighted by atomic mass is 35.5. The van der Waals surface area contributed by atoms with Crippen LogP contribution in [-0.2, 0) is 9.53 Å². The zero-order valence-electron chi connectivity index (χ0n) is 16.2. The monoisotopic (exact) mass is 405 g/mol. The Hall–Kier alpha value is -2.73. The molecule has 0 fully saturated rings. The van der Waals surface area contributed by atoms with E-state index >= 15 is 0 Å². The Morgan fingerprint density at radius 3 is 2.50 bits per heavy atom. The fraction of sp³-hybridized carbons (Fsp3) is 0.333. The van der Waals surface area contributed by atoms with E-state index < -0.39 is 18.0 Å². The minimum absolute atomic E-state index is 0.268. The summed E-state index contributed by atoms with van der Waals surface area (Å²) in [7, 11) is 0. The molecule has 0 saturated heterocycles. The number of carbonyl (C=O) groups is 2. The van der Waals surface area contributed by atoms with Gasteiger partial charge < -0.3 is 19.5 Å². The molecule has 28 heavy (non-hydrogen) atoms. The van der Waals surface area contributed by atoms with Crippen LogP contribution >= 0.6 is 11.6 Å². The number of benzene rings is 2. The first kappa shape index (κ1) is 21.6. The summed E-state index contributed by atoms with van der Waals surface area (Å²) < 4.78 is 16.4. The van der Waals surface area contributed by atoms with Crippen molar-refractivity contribution in [2.45, 2.75) is 33.3 Å². The van der Waals surface area contributed by atoms with E-state index in [2.05, 4.69) is 5.32 Å². The molecule has 0 bridgehead atoms. The molecule has 0 radical (unpaired) electrons. The summed E-state index contributed by atoms with van der Waals surface area (Å²) in [5.74, 6) is -0.0949. The molecule has 0 aliphatic carbocycles. The van der Waals surface area contributed by atoms with Gasteiger partial charge in [0, 0.05) is 0 Å². The molecular formula is C21H24ClNO5. The molecule has 1 amide bonds. The second kappa shape index (κ2) is 10.6. The van der Waals surface area contributed by atoms with Crippen LogP contribution in [0.1, 0.15) is 37.6 Å². The van der Waals surface area contributed by atoms with Crippen LogP contribution in [0.5, 0.6) is 11.5 Å². The number of hydrogen-bond acceptors (Lipinski definition) is 5. The number of nitrogens with one attached hydrogen (secondary N) is 1. The van der Waals surface area contributed by atoms with Crippen LogP contribution in [0.2, 0.25) is 5.02 Å². The molecule has 0 unspecified atom stereocenters. The Bertz CT molecular complexity index is 824. The van der Waals surface area contributed by atoms with Crippen molar-refractivity contribution in [1.82, 2.24) is 0 Å². The number of halogens is 1. The maximum Gasteiger partial charge on any atom is 0.339 e. The predicted octanol–water partition coefficient (Wildman–Crippen LogP) is 4.71. The summed E-state index contributed by atoms with van der Waals surface area (Å²) in [5, 5.41) is 3.04. The number of ether oxygens (including phenoxy) is 3. The van der Waals surface area contributed by atoms with E-state index in [9.17, 15) is 9.59 Å². The number of rotatable bonds is 9. The van der Waals surface area contributed by atoms with Gasteiger partial charge in [-0.3, -0.25) is 4.79 Å². The van der Waals surface area contributed by atoms with Crippen molar-refractivity contribution in [3.05, 3.63) is 53.1 Å². The van der Waals surface area contributed by atoms with Crippen LogP contribution in [0, 0.1) is 0 Å². The van der Waals surface area contributed by atoms with Gasteiger partial charge in [0.15, 0.2) is 17.6 Å². The molecular weight excluding hydrogens is 382 g/mol. The molecule has 1 N–H and O–H groups in total. The Morgan fingerprint density at radius 2 is 1.82 bits per heavy atom. The highest BCUT2D eigenvalue weighted by Gasteiger charge is 2.21. The average Bonchev–Trinajstić information content (AvgIpc) is 2.68. The number of hydrogen-bond donors (Lipinski definition) is 1. The first-order valence-electron chi connectivity index (χ1n) is 9.12. The maximum absolute atomic E-state index is 12.4. The van der Waals surface area contributed by atoms with E-state index in [0.717, 1.165) is 6.42 Å². The Balaban J connectivity index is 2.05. The third-order valence-electron chi connectivity index (χ3n) is 3.73. The lowest BCUT2D eigenvalue weighted by Gasteiger charge is -2.16. The summed E-state index contributed by atoms with van der Waals surface area (Å²) in [6.07, 6.45) is -0.150. The van der Waals surface area contributed by atoms with Crippen LogP contribution in [0.25, 0.3) is 0 Å². The topological polar surface area (TPSA) is 73.9 Å². The van der Waals surface area contributed by atoms with E-state index in [-0.39, 0.29) is 5.56 Å². The lowest BCUT2D eigenvalue weighted by atomic mass is 10.2. The van der Waals surface area contributed by atoms with Gasteiger partial charge in [0.2, 0.25) is 0 Å². The minimum atomic E-state index is -1.00. The molecule has 0 aliphatic heterocycles. The first-order valence-corrected chi connectivity index (χ1v) is 9.50. The summed E-state index contributed by atoms with van der Waals surface area (Å²) in [6.45, 7) is 6.31. The second-order valence-corrected chi connectivity index (χ2v) is 6.37. The Kier molecular flexibility index (Phi) is 8.14. The van der Waals surface area contributed by atoms with Crippen molar-refractivity contribution >= 4 is 29.2 Å².